The van der Waals surface area contributed by atoms with E-state index in [0.717, 1.165) is 5.56 Å². The number of carboxylic acids is 1. The van der Waals surface area contributed by atoms with Crippen LogP contribution in [0.5, 0.6) is 0 Å². The van der Waals surface area contributed by atoms with Crippen molar-refractivity contribution in [2.75, 3.05) is 16.9 Å². The predicted molar refractivity (Wildman–Crippen MR) is 70.8 cm³/mol. The van der Waals surface area contributed by atoms with E-state index in [1.54, 1.807) is 6.07 Å². The lowest BCUT2D eigenvalue weighted by molar-refractivity contribution is -0.140. The van der Waals surface area contributed by atoms with Crippen LogP contribution in [0.15, 0.2) is 24.3 Å². The minimum Gasteiger partial charge on any atom is -0.480 e. The second-order valence-electron chi connectivity index (χ2n) is 4.12. The Morgan fingerprint density at radius 1 is 1.50 bits per heavy atom. The van der Waals surface area contributed by atoms with E-state index in [1.165, 1.54) is 16.7 Å². The molecule has 0 aromatic heterocycles. The number of aliphatic carboxylic acids is 1. The monoisotopic (exact) mass is 266 g/mol. The Morgan fingerprint density at radius 3 is 2.94 bits per heavy atom. The van der Waals surface area contributed by atoms with Crippen molar-refractivity contribution in [2.24, 2.45) is 0 Å². The Bertz CT molecular complexity index is 478. The summed E-state index contributed by atoms with van der Waals surface area (Å²) in [5.74, 6) is -0.107. The summed E-state index contributed by atoms with van der Waals surface area (Å²) >= 11 is 1.44. The molecule has 1 aliphatic rings. The van der Waals surface area contributed by atoms with E-state index in [4.69, 9.17) is 5.11 Å². The number of rotatable bonds is 2. The second kappa shape index (κ2) is 5.30. The van der Waals surface area contributed by atoms with Crippen LogP contribution in [-0.4, -0.2) is 39.7 Å². The number of urea groups is 1. The Hall–Kier alpha value is -1.69. The predicted octanol–water partition coefficient (Wildman–Crippen LogP) is 1.99. The van der Waals surface area contributed by atoms with Gasteiger partial charge in [0.25, 0.3) is 0 Å². The van der Waals surface area contributed by atoms with E-state index in [9.17, 15) is 9.59 Å². The van der Waals surface area contributed by atoms with Gasteiger partial charge in [0.05, 0.1) is 5.88 Å². The smallest absolute Gasteiger partial charge is 0.327 e. The third-order valence-corrected chi connectivity index (χ3v) is 3.71. The number of amides is 2. The zero-order valence-electron chi connectivity index (χ0n) is 9.92. The zero-order valence-corrected chi connectivity index (χ0v) is 10.7. The summed E-state index contributed by atoms with van der Waals surface area (Å²) in [4.78, 5) is 24.3. The van der Waals surface area contributed by atoms with Gasteiger partial charge in [-0.1, -0.05) is 12.1 Å². The van der Waals surface area contributed by atoms with Crippen LogP contribution in [0, 0.1) is 6.92 Å². The van der Waals surface area contributed by atoms with Crippen molar-refractivity contribution < 1.29 is 14.7 Å². The van der Waals surface area contributed by atoms with Crippen molar-refractivity contribution >= 4 is 29.4 Å². The third-order valence-electron chi connectivity index (χ3n) is 2.70. The van der Waals surface area contributed by atoms with E-state index in [1.807, 2.05) is 25.1 Å². The first-order chi connectivity index (χ1) is 8.58. The van der Waals surface area contributed by atoms with Crippen LogP contribution in [0.4, 0.5) is 10.5 Å². The lowest BCUT2D eigenvalue weighted by Gasteiger charge is -2.20. The molecule has 0 radical (unpaired) electrons. The highest BCUT2D eigenvalue weighted by atomic mass is 32.2. The van der Waals surface area contributed by atoms with Crippen molar-refractivity contribution in [2.45, 2.75) is 13.0 Å². The molecule has 5 nitrogen and oxygen atoms in total. The molecular weight excluding hydrogens is 252 g/mol. The number of carbonyl (C=O) groups excluding carboxylic acids is 1. The van der Waals surface area contributed by atoms with Crippen molar-refractivity contribution in [3.63, 3.8) is 0 Å². The van der Waals surface area contributed by atoms with Gasteiger partial charge < -0.3 is 15.3 Å². The van der Waals surface area contributed by atoms with Crippen LogP contribution in [0.2, 0.25) is 0 Å². The number of nitrogens with one attached hydrogen (secondary N) is 1. The highest BCUT2D eigenvalue weighted by Crippen LogP contribution is 2.22. The topological polar surface area (TPSA) is 69.6 Å². The van der Waals surface area contributed by atoms with Crippen LogP contribution in [0.1, 0.15) is 5.56 Å². The minimum absolute atomic E-state index is 0.363. The standard InChI is InChI=1S/C12H14N2O3S/c1-8-3-2-4-9(5-8)13-12(17)14-7-18-6-10(14)11(15)16/h2-5,10H,6-7H2,1H3,(H,13,17)(H,15,16). The summed E-state index contributed by atoms with van der Waals surface area (Å²) in [6.07, 6.45) is 0. The summed E-state index contributed by atoms with van der Waals surface area (Å²) in [5.41, 5.74) is 1.72. The summed E-state index contributed by atoms with van der Waals surface area (Å²) in [6, 6.07) is 6.30. The van der Waals surface area contributed by atoms with Gasteiger partial charge in [-0.25, -0.2) is 9.59 Å². The van der Waals surface area contributed by atoms with Gasteiger partial charge in [0.15, 0.2) is 0 Å². The molecule has 1 fully saturated rings. The van der Waals surface area contributed by atoms with Gasteiger partial charge >= 0.3 is 12.0 Å². The molecule has 1 aliphatic heterocycles. The summed E-state index contributed by atoms with van der Waals surface area (Å²) in [6.45, 7) is 1.93. The molecule has 6 heteroatoms. The number of hydrogen-bond donors (Lipinski definition) is 2. The first-order valence-corrected chi connectivity index (χ1v) is 6.68. The molecule has 2 amide bonds. The lowest BCUT2D eigenvalue weighted by Crippen LogP contribution is -2.43. The maximum absolute atomic E-state index is 12.0. The molecule has 1 aromatic carbocycles. The molecule has 1 saturated heterocycles. The zero-order chi connectivity index (χ0) is 13.1. The maximum Gasteiger partial charge on any atom is 0.327 e. The quantitative estimate of drug-likeness (QED) is 0.859. The average molecular weight is 266 g/mol. The molecule has 96 valence electrons. The Labute approximate surface area is 109 Å². The molecule has 1 aromatic rings. The van der Waals surface area contributed by atoms with Crippen molar-refractivity contribution in [3.05, 3.63) is 29.8 Å². The number of anilines is 1. The number of hydrogen-bond acceptors (Lipinski definition) is 3. The molecule has 1 unspecified atom stereocenters. The van der Waals surface area contributed by atoms with Crippen LogP contribution in [-0.2, 0) is 4.79 Å². The van der Waals surface area contributed by atoms with Gasteiger partial charge in [0.1, 0.15) is 6.04 Å². The van der Waals surface area contributed by atoms with Crippen LogP contribution >= 0.6 is 11.8 Å². The van der Waals surface area contributed by atoms with E-state index in [2.05, 4.69) is 5.32 Å². The molecule has 0 spiro atoms. The molecule has 18 heavy (non-hydrogen) atoms. The van der Waals surface area contributed by atoms with E-state index in [0.29, 0.717) is 17.3 Å². The lowest BCUT2D eigenvalue weighted by atomic mass is 10.2. The van der Waals surface area contributed by atoms with E-state index < -0.39 is 12.0 Å². The highest BCUT2D eigenvalue weighted by Gasteiger charge is 2.34. The molecular formula is C12H14N2O3S. The van der Waals surface area contributed by atoms with Crippen molar-refractivity contribution in [1.29, 1.82) is 0 Å². The van der Waals surface area contributed by atoms with Crippen LogP contribution < -0.4 is 5.32 Å². The Kier molecular flexibility index (Phi) is 3.76. The van der Waals surface area contributed by atoms with Crippen LogP contribution in [0.25, 0.3) is 0 Å². The van der Waals surface area contributed by atoms with Gasteiger partial charge in [0.2, 0.25) is 0 Å². The summed E-state index contributed by atoms with van der Waals surface area (Å²) < 4.78 is 0. The largest absolute Gasteiger partial charge is 0.480 e. The first-order valence-electron chi connectivity index (χ1n) is 5.53. The second-order valence-corrected chi connectivity index (χ2v) is 5.12. The Morgan fingerprint density at radius 2 is 2.28 bits per heavy atom. The normalized spacial score (nSPS) is 18.7. The molecule has 2 N–H and O–H groups in total. The number of benzene rings is 1. The van der Waals surface area contributed by atoms with Gasteiger partial charge in [0, 0.05) is 11.4 Å². The molecule has 2 rings (SSSR count). The van der Waals surface area contributed by atoms with E-state index in [-0.39, 0.29) is 6.03 Å². The molecule has 0 saturated carbocycles. The van der Waals surface area contributed by atoms with Gasteiger partial charge in [-0.15, -0.1) is 11.8 Å². The van der Waals surface area contributed by atoms with Crippen molar-refractivity contribution in [3.8, 4) is 0 Å². The summed E-state index contributed by atoms with van der Waals surface area (Å²) in [5, 5.41) is 11.7. The van der Waals surface area contributed by atoms with Crippen molar-refractivity contribution in [1.82, 2.24) is 4.90 Å². The SMILES string of the molecule is Cc1cccc(NC(=O)N2CSCC2C(=O)O)c1. The molecule has 1 atom stereocenters. The average Bonchev–Trinajstić information content (AvgIpc) is 2.77. The van der Waals surface area contributed by atoms with Gasteiger partial charge in [-0.2, -0.15) is 0 Å². The molecule has 0 bridgehead atoms. The fraction of sp³-hybridized carbons (Fsp3) is 0.333. The van der Waals surface area contributed by atoms with Gasteiger partial charge in [-0.05, 0) is 24.6 Å². The first kappa shape index (κ1) is 12.8. The summed E-state index contributed by atoms with van der Waals surface area (Å²) in [7, 11) is 0. The van der Waals surface area contributed by atoms with Crippen LogP contribution in [0.3, 0.4) is 0 Å². The van der Waals surface area contributed by atoms with E-state index >= 15 is 0 Å². The van der Waals surface area contributed by atoms with Gasteiger partial charge in [-0.3, -0.25) is 0 Å². The number of nitrogens with zero attached hydrogens (tertiary/aromatic N) is 1. The number of carboxylic acid groups (broad SMARTS) is 1. The number of thioether (sulfide) groups is 1. The fourth-order valence-electron chi connectivity index (χ4n) is 1.77. The fourth-order valence-corrected chi connectivity index (χ4v) is 2.91. The third kappa shape index (κ3) is 2.76. The highest BCUT2D eigenvalue weighted by molar-refractivity contribution is 7.99. The number of carbonyl (C=O) groups is 2. The molecule has 1 heterocycles. The maximum atomic E-state index is 12.0. The Balaban J connectivity index is 2.06. The molecule has 0 aliphatic carbocycles. The minimum atomic E-state index is -0.959. The number of aryl methyl sites for hydroxylation is 1.